The summed E-state index contributed by atoms with van der Waals surface area (Å²) in [5, 5.41) is 0. The molecule has 0 spiro atoms. The molecule has 0 aromatic heterocycles. The number of nitrogens with zero attached hydrogens (tertiary/aromatic N) is 2. The van der Waals surface area contributed by atoms with Gasteiger partial charge in [0.25, 0.3) is 0 Å². The van der Waals surface area contributed by atoms with Crippen molar-refractivity contribution in [3.8, 4) is 0 Å². The first-order chi connectivity index (χ1) is 4.95. The summed E-state index contributed by atoms with van der Waals surface area (Å²) in [5.74, 6) is 0. The van der Waals surface area contributed by atoms with Gasteiger partial charge in [-0.15, -0.1) is 0 Å². The molecule has 0 aromatic carbocycles. The van der Waals surface area contributed by atoms with Gasteiger partial charge in [-0.25, -0.2) is 0 Å². The van der Waals surface area contributed by atoms with Crippen molar-refractivity contribution < 1.29 is 9.59 Å². The quantitative estimate of drug-likeness (QED) is 0.606. The van der Waals surface area contributed by atoms with Crippen molar-refractivity contribution in [3.63, 3.8) is 0 Å². The second-order valence-corrected chi connectivity index (χ2v) is 5.00. The molecule has 0 atom stereocenters. The molecule has 0 saturated heterocycles. The van der Waals surface area contributed by atoms with Gasteiger partial charge in [0, 0.05) is 0 Å². The molecule has 0 fully saturated rings. The van der Waals surface area contributed by atoms with Crippen LogP contribution in [-0.2, 0) is 4.79 Å². The van der Waals surface area contributed by atoms with Crippen LogP contribution in [0.3, 0.4) is 0 Å². The van der Waals surface area contributed by atoms with Crippen molar-refractivity contribution in [1.82, 2.24) is 8.82 Å². The van der Waals surface area contributed by atoms with Crippen LogP contribution in [0.25, 0.3) is 0 Å². The van der Waals surface area contributed by atoms with Crippen LogP contribution in [0.4, 0.5) is 4.79 Å². The van der Waals surface area contributed by atoms with Gasteiger partial charge in [-0.3, -0.25) is 0 Å². The van der Waals surface area contributed by atoms with E-state index < -0.39 is 0 Å². The molecule has 0 heterocycles. The number of carbonyl (C=O) groups excluding carboxylic acids is 2. The Labute approximate surface area is 72.9 Å². The summed E-state index contributed by atoms with van der Waals surface area (Å²) in [6.07, 6.45) is 0. The molecule has 0 rings (SSSR count). The fourth-order valence-corrected chi connectivity index (χ4v) is 1.83. The number of hydrogen-bond donors (Lipinski definition) is 0. The monoisotopic (exact) mass is 224 g/mol. The van der Waals surface area contributed by atoms with Crippen molar-refractivity contribution in [2.45, 2.75) is 6.92 Å². The van der Waals surface area contributed by atoms with Crippen molar-refractivity contribution in [3.05, 3.63) is 0 Å². The molecule has 0 saturated carbocycles. The molecule has 0 aromatic rings. The molecule has 0 N–H and O–H groups in total. The zero-order valence-corrected chi connectivity index (χ0v) is 8.83. The fraction of sp³-hybridized carbons (Fsp3) is 0.667. The number of amides is 2. The Kier molecular flexibility index (Phi) is 4.15. The van der Waals surface area contributed by atoms with E-state index in [1.165, 1.54) is 15.7 Å². The van der Waals surface area contributed by atoms with E-state index in [1.807, 2.05) is 0 Å². The van der Waals surface area contributed by atoms with E-state index in [-0.39, 0.29) is 25.9 Å². The van der Waals surface area contributed by atoms with E-state index in [0.29, 0.717) is 0 Å². The molecule has 4 nitrogen and oxygen atoms in total. The first-order valence-electron chi connectivity index (χ1n) is 3.08. The van der Waals surface area contributed by atoms with Crippen molar-refractivity contribution in [1.29, 1.82) is 0 Å². The molecule has 0 aliphatic heterocycles. The van der Waals surface area contributed by atoms with Gasteiger partial charge in [-0.05, 0) is 0 Å². The van der Waals surface area contributed by atoms with Gasteiger partial charge >= 0.3 is 72.4 Å². The zero-order chi connectivity index (χ0) is 9.02. The molecular formula is C6H12N2O2Se. The van der Waals surface area contributed by atoms with Gasteiger partial charge in [-0.1, -0.05) is 0 Å². The minimum atomic E-state index is -0.360. The van der Waals surface area contributed by atoms with Crippen LogP contribution in [0.5, 0.6) is 0 Å². The minimum absolute atomic E-state index is 0.0511. The number of hydrogen-bond acceptors (Lipinski definition) is 2. The molecule has 0 bridgehead atoms. The maximum atomic E-state index is 11.1. The third-order valence-corrected chi connectivity index (χ3v) is 2.36. The van der Waals surface area contributed by atoms with Crippen LogP contribution in [0, 0.1) is 0 Å². The topological polar surface area (TPSA) is 40.6 Å². The summed E-state index contributed by atoms with van der Waals surface area (Å²) < 4.78 is 1.49. The van der Waals surface area contributed by atoms with Crippen LogP contribution in [0.2, 0.25) is 0 Å². The molecule has 64 valence electrons. The summed E-state index contributed by atoms with van der Waals surface area (Å²) >= 11 is -0.360. The Morgan fingerprint density at radius 2 is 1.64 bits per heavy atom. The third-order valence-electron chi connectivity index (χ3n) is 0.917. The third kappa shape index (κ3) is 4.01. The number of rotatable bonds is 2. The van der Waals surface area contributed by atoms with E-state index in [0.717, 1.165) is 0 Å². The molecule has 5 heteroatoms. The average molecular weight is 223 g/mol. The van der Waals surface area contributed by atoms with E-state index in [2.05, 4.69) is 0 Å². The molecule has 11 heavy (non-hydrogen) atoms. The Morgan fingerprint density at radius 3 is 1.91 bits per heavy atom. The normalized spacial score (nSPS) is 9.09. The van der Waals surface area contributed by atoms with Crippen molar-refractivity contribution >= 4 is 25.9 Å². The van der Waals surface area contributed by atoms with E-state index >= 15 is 0 Å². The van der Waals surface area contributed by atoms with Crippen molar-refractivity contribution in [2.24, 2.45) is 0 Å². The summed E-state index contributed by atoms with van der Waals surface area (Å²) in [6, 6.07) is -0.125. The maximum absolute atomic E-state index is 11.1. The number of carbonyl (C=O) groups is 2. The molecule has 0 aliphatic carbocycles. The SMILES string of the molecule is CC(=O)[Se]N(C)C(=O)N(C)C. The molecule has 2 amide bonds. The van der Waals surface area contributed by atoms with Gasteiger partial charge in [0.05, 0.1) is 0 Å². The summed E-state index contributed by atoms with van der Waals surface area (Å²) in [5.41, 5.74) is 0. The summed E-state index contributed by atoms with van der Waals surface area (Å²) in [7, 11) is 4.95. The Hall–Kier alpha value is -0.541. The van der Waals surface area contributed by atoms with Crippen LogP contribution in [0.15, 0.2) is 0 Å². The first kappa shape index (κ1) is 10.5. The zero-order valence-electron chi connectivity index (χ0n) is 7.12. The van der Waals surface area contributed by atoms with E-state index in [9.17, 15) is 9.59 Å². The number of urea groups is 1. The molecule has 0 radical (unpaired) electrons. The van der Waals surface area contributed by atoms with Crippen LogP contribution in [0.1, 0.15) is 6.92 Å². The predicted molar refractivity (Wildman–Crippen MR) is 43.3 cm³/mol. The standard InChI is InChI=1S/C6H12N2O2Se/c1-5(9)11-8(4)6(10)7(2)3/h1-4H3. The van der Waals surface area contributed by atoms with Gasteiger partial charge in [-0.2, -0.15) is 0 Å². The van der Waals surface area contributed by atoms with E-state index in [4.69, 9.17) is 0 Å². The Morgan fingerprint density at radius 1 is 1.18 bits per heavy atom. The van der Waals surface area contributed by atoms with Crippen molar-refractivity contribution in [2.75, 3.05) is 21.1 Å². The molecular weight excluding hydrogens is 211 g/mol. The second kappa shape index (κ2) is 4.36. The van der Waals surface area contributed by atoms with Gasteiger partial charge < -0.3 is 0 Å². The average Bonchev–Trinajstić information content (AvgIpc) is 1.84. The van der Waals surface area contributed by atoms with Gasteiger partial charge in [0.2, 0.25) is 0 Å². The Balaban J connectivity index is 3.93. The summed E-state index contributed by atoms with van der Waals surface area (Å²) in [4.78, 5) is 23.1. The summed E-state index contributed by atoms with van der Waals surface area (Å²) in [6.45, 7) is 1.49. The van der Waals surface area contributed by atoms with Crippen LogP contribution >= 0.6 is 0 Å². The van der Waals surface area contributed by atoms with Gasteiger partial charge in [0.1, 0.15) is 0 Å². The van der Waals surface area contributed by atoms with Crippen LogP contribution < -0.4 is 0 Å². The second-order valence-electron chi connectivity index (χ2n) is 2.26. The molecule has 0 aliphatic rings. The first-order valence-corrected chi connectivity index (χ1v) is 4.71. The predicted octanol–water partition coefficient (Wildman–Crippen LogP) is -0.234. The van der Waals surface area contributed by atoms with Gasteiger partial charge in [0.15, 0.2) is 0 Å². The fourth-order valence-electron chi connectivity index (χ4n) is 0.514. The molecule has 0 unspecified atom stereocenters. The Bertz CT molecular complexity index is 170. The van der Waals surface area contributed by atoms with E-state index in [1.54, 1.807) is 21.1 Å². The van der Waals surface area contributed by atoms with Crippen LogP contribution in [-0.4, -0.2) is 55.8 Å².